The van der Waals surface area contributed by atoms with Gasteiger partial charge in [-0.1, -0.05) is 24.3 Å². The largest absolute Gasteiger partial charge is 0.469 e. The van der Waals surface area contributed by atoms with E-state index in [-0.39, 0.29) is 5.82 Å². The Balaban J connectivity index is 3.00. The van der Waals surface area contributed by atoms with Crippen LogP contribution in [0.4, 0.5) is 4.39 Å². The van der Waals surface area contributed by atoms with Gasteiger partial charge in [-0.15, -0.1) is 6.58 Å². The maximum absolute atomic E-state index is 14.1. The molecule has 2 nitrogen and oxygen atoms in total. The fraction of sp³-hybridized carbons (Fsp3) is 0.357. The average Bonchev–Trinajstić information content (AvgIpc) is 2.35. The Morgan fingerprint density at radius 1 is 1.59 bits per heavy atom. The number of benzene rings is 1. The summed E-state index contributed by atoms with van der Waals surface area (Å²) in [5, 5.41) is 0. The maximum Gasteiger partial charge on any atom is 0.312 e. The average molecular weight is 236 g/mol. The molecule has 92 valence electrons. The molecule has 1 aromatic carbocycles. The van der Waals surface area contributed by atoms with Crippen molar-refractivity contribution < 1.29 is 13.9 Å². The number of carbonyl (C=O) groups is 1. The van der Waals surface area contributed by atoms with E-state index >= 15 is 0 Å². The van der Waals surface area contributed by atoms with Crippen LogP contribution in [0.5, 0.6) is 0 Å². The van der Waals surface area contributed by atoms with Gasteiger partial charge in [-0.2, -0.15) is 0 Å². The molecular formula is C14H17FO2. The number of hydrogen-bond acceptors (Lipinski definition) is 2. The van der Waals surface area contributed by atoms with Crippen LogP contribution in [0.25, 0.3) is 0 Å². The van der Waals surface area contributed by atoms with E-state index in [1.54, 1.807) is 31.2 Å². The second-order valence-corrected chi connectivity index (χ2v) is 3.89. The summed E-state index contributed by atoms with van der Waals surface area (Å²) < 4.78 is 18.7. The molecule has 0 aromatic heterocycles. The lowest BCUT2D eigenvalue weighted by Gasteiger charge is -2.12. The first-order valence-electron chi connectivity index (χ1n) is 5.57. The van der Waals surface area contributed by atoms with Gasteiger partial charge in [-0.05, 0) is 25.3 Å². The summed E-state index contributed by atoms with van der Waals surface area (Å²) in [5.41, 5.74) is 0.997. The van der Waals surface area contributed by atoms with Crippen molar-refractivity contribution in [1.82, 2.24) is 0 Å². The zero-order chi connectivity index (χ0) is 12.8. The monoisotopic (exact) mass is 236 g/mol. The first-order valence-corrected chi connectivity index (χ1v) is 5.57. The molecule has 1 atom stereocenters. The van der Waals surface area contributed by atoms with E-state index in [2.05, 4.69) is 11.3 Å². The Hall–Kier alpha value is -1.64. The zero-order valence-corrected chi connectivity index (χ0v) is 10.2. The van der Waals surface area contributed by atoms with Gasteiger partial charge in [0.15, 0.2) is 0 Å². The van der Waals surface area contributed by atoms with Crippen molar-refractivity contribution in [3.8, 4) is 0 Å². The summed E-state index contributed by atoms with van der Waals surface area (Å²) in [7, 11) is 1.30. The van der Waals surface area contributed by atoms with Crippen LogP contribution in [0, 0.1) is 5.82 Å². The number of halogens is 1. The fourth-order valence-electron chi connectivity index (χ4n) is 1.69. The fourth-order valence-corrected chi connectivity index (χ4v) is 1.69. The highest BCUT2D eigenvalue weighted by molar-refractivity contribution is 5.77. The Morgan fingerprint density at radius 3 is 2.88 bits per heavy atom. The molecule has 0 amide bonds. The van der Waals surface area contributed by atoms with E-state index in [4.69, 9.17) is 0 Å². The van der Waals surface area contributed by atoms with E-state index in [1.807, 2.05) is 0 Å². The third kappa shape index (κ3) is 3.16. The molecule has 0 heterocycles. The van der Waals surface area contributed by atoms with Crippen molar-refractivity contribution in [2.24, 2.45) is 0 Å². The molecule has 0 saturated heterocycles. The topological polar surface area (TPSA) is 26.3 Å². The molecule has 0 aliphatic carbocycles. The third-order valence-electron chi connectivity index (χ3n) is 2.75. The number of aryl methyl sites for hydroxylation is 1. The molecule has 0 N–H and O–H groups in total. The minimum Gasteiger partial charge on any atom is -0.469 e. The molecule has 17 heavy (non-hydrogen) atoms. The van der Waals surface area contributed by atoms with Gasteiger partial charge in [-0.3, -0.25) is 4.79 Å². The summed E-state index contributed by atoms with van der Waals surface area (Å²) in [4.78, 5) is 11.4. The summed E-state index contributed by atoms with van der Waals surface area (Å²) in [5.74, 6) is -1.32. The second-order valence-electron chi connectivity index (χ2n) is 3.89. The standard InChI is InChI=1S/C14H17FO2/c1-4-5-7-11-8-6-9-12(13(11)15)10(2)14(16)17-3/h4,6,8-10H,1,5,7H2,2-3H3. The molecule has 1 rings (SSSR count). The van der Waals surface area contributed by atoms with Gasteiger partial charge in [0.2, 0.25) is 0 Å². The van der Waals surface area contributed by atoms with Gasteiger partial charge in [0.05, 0.1) is 13.0 Å². The van der Waals surface area contributed by atoms with Crippen molar-refractivity contribution in [2.45, 2.75) is 25.7 Å². The number of carbonyl (C=O) groups excluding carboxylic acids is 1. The predicted octanol–water partition coefficient (Wildman–Crippen LogP) is 3.22. The van der Waals surface area contributed by atoms with Gasteiger partial charge in [0.1, 0.15) is 5.82 Å². The van der Waals surface area contributed by atoms with Crippen LogP contribution in [0.15, 0.2) is 30.9 Å². The van der Waals surface area contributed by atoms with Gasteiger partial charge in [0.25, 0.3) is 0 Å². The summed E-state index contributed by atoms with van der Waals surface area (Å²) in [6.45, 7) is 5.25. The molecule has 0 aliphatic rings. The van der Waals surface area contributed by atoms with E-state index < -0.39 is 11.9 Å². The van der Waals surface area contributed by atoms with Crippen molar-refractivity contribution in [1.29, 1.82) is 0 Å². The van der Waals surface area contributed by atoms with Crippen molar-refractivity contribution >= 4 is 5.97 Å². The van der Waals surface area contributed by atoms with E-state index in [9.17, 15) is 9.18 Å². The van der Waals surface area contributed by atoms with Crippen LogP contribution < -0.4 is 0 Å². The van der Waals surface area contributed by atoms with Crippen molar-refractivity contribution in [3.05, 3.63) is 47.8 Å². The predicted molar refractivity (Wildman–Crippen MR) is 65.3 cm³/mol. The van der Waals surface area contributed by atoms with E-state index in [0.29, 0.717) is 24.0 Å². The van der Waals surface area contributed by atoms with E-state index in [0.717, 1.165) is 0 Å². The third-order valence-corrected chi connectivity index (χ3v) is 2.75. The molecule has 0 saturated carbocycles. The first-order chi connectivity index (χ1) is 8.11. The van der Waals surface area contributed by atoms with Crippen LogP contribution >= 0.6 is 0 Å². The summed E-state index contributed by atoms with van der Waals surface area (Å²) in [6, 6.07) is 5.11. The van der Waals surface area contributed by atoms with Crippen LogP contribution in [-0.4, -0.2) is 13.1 Å². The van der Waals surface area contributed by atoms with Gasteiger partial charge in [-0.25, -0.2) is 4.39 Å². The number of hydrogen-bond donors (Lipinski definition) is 0. The van der Waals surface area contributed by atoms with Crippen LogP contribution in [0.2, 0.25) is 0 Å². The normalized spacial score (nSPS) is 11.9. The Labute approximate surface area is 101 Å². The van der Waals surface area contributed by atoms with Crippen molar-refractivity contribution in [3.63, 3.8) is 0 Å². The Bertz CT molecular complexity index is 413. The van der Waals surface area contributed by atoms with Gasteiger partial charge >= 0.3 is 5.97 Å². The number of rotatable bonds is 5. The first kappa shape index (κ1) is 13.4. The molecule has 0 bridgehead atoms. The molecule has 1 aromatic rings. The molecule has 0 aliphatic heterocycles. The van der Waals surface area contributed by atoms with Gasteiger partial charge < -0.3 is 4.74 Å². The number of methoxy groups -OCH3 is 1. The maximum atomic E-state index is 14.1. The lowest BCUT2D eigenvalue weighted by molar-refractivity contribution is -0.142. The summed E-state index contributed by atoms with van der Waals surface area (Å²) in [6.07, 6.45) is 3.06. The van der Waals surface area contributed by atoms with Crippen LogP contribution in [0.3, 0.4) is 0 Å². The van der Waals surface area contributed by atoms with Gasteiger partial charge in [0, 0.05) is 5.56 Å². The smallest absolute Gasteiger partial charge is 0.312 e. The Morgan fingerprint density at radius 2 is 2.29 bits per heavy atom. The molecule has 0 radical (unpaired) electrons. The highest BCUT2D eigenvalue weighted by Gasteiger charge is 2.20. The molecule has 1 unspecified atom stereocenters. The quantitative estimate of drug-likeness (QED) is 0.579. The van der Waals surface area contributed by atoms with Crippen LogP contribution in [-0.2, 0) is 16.0 Å². The molecule has 0 spiro atoms. The molecule has 3 heteroatoms. The lowest BCUT2D eigenvalue weighted by Crippen LogP contribution is -2.13. The molecule has 0 fully saturated rings. The minimum atomic E-state index is -0.580. The van der Waals surface area contributed by atoms with Crippen molar-refractivity contribution in [2.75, 3.05) is 7.11 Å². The number of esters is 1. The van der Waals surface area contributed by atoms with Crippen LogP contribution in [0.1, 0.15) is 30.4 Å². The Kier molecular flexibility index (Phi) is 4.88. The summed E-state index contributed by atoms with van der Waals surface area (Å²) >= 11 is 0. The zero-order valence-electron chi connectivity index (χ0n) is 10.2. The SMILES string of the molecule is C=CCCc1cccc(C(C)C(=O)OC)c1F. The highest BCUT2D eigenvalue weighted by Crippen LogP contribution is 2.23. The highest BCUT2D eigenvalue weighted by atomic mass is 19.1. The second kappa shape index (κ2) is 6.18. The van der Waals surface area contributed by atoms with E-state index in [1.165, 1.54) is 7.11 Å². The number of ether oxygens (including phenoxy) is 1. The lowest BCUT2D eigenvalue weighted by atomic mass is 9.96. The number of allylic oxidation sites excluding steroid dienone is 1. The molecular weight excluding hydrogens is 219 g/mol. The minimum absolute atomic E-state index is 0.313.